The van der Waals surface area contributed by atoms with Gasteiger partial charge in [-0.15, -0.1) is 0 Å². The molecule has 18 heavy (non-hydrogen) atoms. The molecule has 3 heteroatoms. The van der Waals surface area contributed by atoms with E-state index >= 15 is 0 Å². The van der Waals surface area contributed by atoms with Crippen LogP contribution in [0.4, 0.5) is 11.4 Å². The molecule has 0 aromatic heterocycles. The lowest BCUT2D eigenvalue weighted by Crippen LogP contribution is -2.30. The van der Waals surface area contributed by atoms with Gasteiger partial charge in [-0.05, 0) is 38.8 Å². The molecule has 0 aliphatic heterocycles. The Morgan fingerprint density at radius 1 is 1.22 bits per heavy atom. The average Bonchev–Trinajstić information content (AvgIpc) is 2.30. The smallest absolute Gasteiger partial charge is 0.144 e. The minimum atomic E-state index is 0.0479. The first kappa shape index (κ1) is 14.7. The van der Waals surface area contributed by atoms with Crippen LogP contribution in [0.3, 0.4) is 0 Å². The largest absolute Gasteiger partial charge is 0.491 e. The summed E-state index contributed by atoms with van der Waals surface area (Å²) in [5, 5.41) is 3.50. The molecule has 1 rings (SSSR count). The van der Waals surface area contributed by atoms with Gasteiger partial charge in [-0.2, -0.15) is 0 Å². The predicted octanol–water partition coefficient (Wildman–Crippen LogP) is 4.05. The molecule has 0 aliphatic rings. The molecule has 3 N–H and O–H groups in total. The van der Waals surface area contributed by atoms with E-state index in [0.717, 1.165) is 30.7 Å². The van der Waals surface area contributed by atoms with Gasteiger partial charge in [0.15, 0.2) is 0 Å². The molecule has 0 bridgehead atoms. The maximum absolute atomic E-state index is 6.14. The highest BCUT2D eigenvalue weighted by Gasteiger charge is 2.18. The van der Waals surface area contributed by atoms with Crippen LogP contribution in [0.2, 0.25) is 0 Å². The third-order valence-electron chi connectivity index (χ3n) is 2.88. The van der Waals surface area contributed by atoms with Crippen LogP contribution in [0.1, 0.15) is 47.0 Å². The average molecular weight is 250 g/mol. The molecule has 0 atom stereocenters. The van der Waals surface area contributed by atoms with Crippen molar-refractivity contribution in [1.29, 1.82) is 0 Å². The van der Waals surface area contributed by atoms with Crippen LogP contribution in [0.15, 0.2) is 18.2 Å². The van der Waals surface area contributed by atoms with Gasteiger partial charge >= 0.3 is 0 Å². The Morgan fingerprint density at radius 3 is 2.56 bits per heavy atom. The summed E-state index contributed by atoms with van der Waals surface area (Å²) >= 11 is 0. The Kier molecular flexibility index (Phi) is 5.32. The van der Waals surface area contributed by atoms with E-state index in [2.05, 4.69) is 33.0 Å². The quantitative estimate of drug-likeness (QED) is 0.718. The summed E-state index contributed by atoms with van der Waals surface area (Å²) in [6.45, 7) is 9.35. The molecular formula is C15H26N2O. The van der Waals surface area contributed by atoms with Crippen molar-refractivity contribution < 1.29 is 4.74 Å². The summed E-state index contributed by atoms with van der Waals surface area (Å²) in [5.41, 5.74) is 7.85. The Hall–Kier alpha value is -1.38. The van der Waals surface area contributed by atoms with Gasteiger partial charge in [0.25, 0.3) is 0 Å². The van der Waals surface area contributed by atoms with E-state index in [4.69, 9.17) is 10.5 Å². The highest BCUT2D eigenvalue weighted by molar-refractivity contribution is 5.73. The fourth-order valence-corrected chi connectivity index (χ4v) is 2.04. The first-order valence-electron chi connectivity index (χ1n) is 6.79. The van der Waals surface area contributed by atoms with Gasteiger partial charge in [0.2, 0.25) is 0 Å². The number of nitrogens with two attached hydrogens (primary N) is 1. The van der Waals surface area contributed by atoms with Crippen LogP contribution in [0.5, 0.6) is 5.75 Å². The molecule has 1 aromatic carbocycles. The summed E-state index contributed by atoms with van der Waals surface area (Å²) < 4.78 is 5.64. The van der Waals surface area contributed by atoms with Gasteiger partial charge in [0.05, 0.1) is 18.0 Å². The molecule has 0 fully saturated rings. The van der Waals surface area contributed by atoms with Crippen LogP contribution >= 0.6 is 0 Å². The number of hydrogen-bond acceptors (Lipinski definition) is 3. The normalized spacial score (nSPS) is 11.3. The van der Waals surface area contributed by atoms with Crippen molar-refractivity contribution >= 4 is 11.4 Å². The lowest BCUT2D eigenvalue weighted by molar-refractivity contribution is 0.319. The van der Waals surface area contributed by atoms with Gasteiger partial charge in [-0.3, -0.25) is 0 Å². The molecular weight excluding hydrogens is 224 g/mol. The van der Waals surface area contributed by atoms with Crippen molar-refractivity contribution in [3.8, 4) is 5.75 Å². The lowest BCUT2D eigenvalue weighted by Gasteiger charge is -2.28. The zero-order valence-electron chi connectivity index (χ0n) is 12.0. The summed E-state index contributed by atoms with van der Waals surface area (Å²) in [7, 11) is 0. The second-order valence-corrected chi connectivity index (χ2v) is 5.32. The maximum Gasteiger partial charge on any atom is 0.144 e. The highest BCUT2D eigenvalue weighted by Crippen LogP contribution is 2.32. The maximum atomic E-state index is 6.14. The fourth-order valence-electron chi connectivity index (χ4n) is 2.04. The zero-order valence-corrected chi connectivity index (χ0v) is 12.0. The minimum Gasteiger partial charge on any atom is -0.491 e. The second-order valence-electron chi connectivity index (χ2n) is 5.32. The van der Waals surface area contributed by atoms with E-state index in [-0.39, 0.29) is 5.54 Å². The van der Waals surface area contributed by atoms with Gasteiger partial charge < -0.3 is 15.8 Å². The number of benzene rings is 1. The van der Waals surface area contributed by atoms with Gasteiger partial charge in [0.1, 0.15) is 5.75 Å². The third-order valence-corrected chi connectivity index (χ3v) is 2.88. The van der Waals surface area contributed by atoms with Crippen molar-refractivity contribution in [2.45, 2.75) is 52.5 Å². The molecule has 0 heterocycles. The number of nitrogens with one attached hydrogen (secondary N) is 1. The third kappa shape index (κ3) is 4.13. The monoisotopic (exact) mass is 250 g/mol. The van der Waals surface area contributed by atoms with Crippen molar-refractivity contribution in [2.24, 2.45) is 0 Å². The Morgan fingerprint density at radius 2 is 1.94 bits per heavy atom. The van der Waals surface area contributed by atoms with Crippen LogP contribution in [-0.4, -0.2) is 12.1 Å². The standard InChI is InChI=1S/C15H26N2O/c1-5-10-15(3,4)17-12-8-7-9-13(14(12)16)18-11-6-2/h7-9,17H,5-6,10-11,16H2,1-4H3. The molecule has 3 nitrogen and oxygen atoms in total. The number of para-hydroxylation sites is 1. The van der Waals surface area contributed by atoms with Gasteiger partial charge in [0, 0.05) is 5.54 Å². The number of nitrogen functional groups attached to an aromatic ring is 1. The van der Waals surface area contributed by atoms with Crippen molar-refractivity contribution in [2.75, 3.05) is 17.7 Å². The zero-order chi connectivity index (χ0) is 13.6. The molecule has 0 amide bonds. The summed E-state index contributed by atoms with van der Waals surface area (Å²) in [4.78, 5) is 0. The number of anilines is 2. The highest BCUT2D eigenvalue weighted by atomic mass is 16.5. The van der Waals surface area contributed by atoms with Gasteiger partial charge in [-0.25, -0.2) is 0 Å². The molecule has 0 radical (unpaired) electrons. The van der Waals surface area contributed by atoms with E-state index in [0.29, 0.717) is 12.3 Å². The minimum absolute atomic E-state index is 0.0479. The first-order valence-corrected chi connectivity index (χ1v) is 6.79. The summed E-state index contributed by atoms with van der Waals surface area (Å²) in [6, 6.07) is 5.90. The molecule has 0 spiro atoms. The number of hydrogen-bond donors (Lipinski definition) is 2. The van der Waals surface area contributed by atoms with Crippen LogP contribution in [0.25, 0.3) is 0 Å². The molecule has 1 aromatic rings. The Balaban J connectivity index is 2.83. The number of rotatable bonds is 7. The van der Waals surface area contributed by atoms with Crippen molar-refractivity contribution in [1.82, 2.24) is 0 Å². The lowest BCUT2D eigenvalue weighted by atomic mass is 9.98. The van der Waals surface area contributed by atoms with E-state index in [1.807, 2.05) is 18.2 Å². The van der Waals surface area contributed by atoms with Crippen LogP contribution < -0.4 is 15.8 Å². The van der Waals surface area contributed by atoms with E-state index in [1.54, 1.807) is 0 Å². The Labute approximate surface area is 111 Å². The van der Waals surface area contributed by atoms with Crippen molar-refractivity contribution in [3.63, 3.8) is 0 Å². The summed E-state index contributed by atoms with van der Waals surface area (Å²) in [6.07, 6.45) is 3.23. The van der Waals surface area contributed by atoms with Crippen molar-refractivity contribution in [3.05, 3.63) is 18.2 Å². The molecule has 102 valence electrons. The summed E-state index contributed by atoms with van der Waals surface area (Å²) in [5.74, 6) is 0.772. The molecule has 0 aliphatic carbocycles. The molecule has 0 saturated heterocycles. The number of ether oxygens (including phenoxy) is 1. The topological polar surface area (TPSA) is 47.3 Å². The predicted molar refractivity (Wildman–Crippen MR) is 79.3 cm³/mol. The molecule has 0 saturated carbocycles. The van der Waals surface area contributed by atoms with E-state index in [1.165, 1.54) is 0 Å². The first-order chi connectivity index (χ1) is 8.50. The van der Waals surface area contributed by atoms with Crippen LogP contribution in [-0.2, 0) is 0 Å². The SMILES string of the molecule is CCCOc1cccc(NC(C)(C)CCC)c1N. The fraction of sp³-hybridized carbons (Fsp3) is 0.600. The van der Waals surface area contributed by atoms with Gasteiger partial charge in [-0.1, -0.05) is 26.3 Å². The van der Waals surface area contributed by atoms with Crippen LogP contribution in [0, 0.1) is 0 Å². The second kappa shape index (κ2) is 6.53. The van der Waals surface area contributed by atoms with E-state index < -0.39 is 0 Å². The molecule has 0 unspecified atom stereocenters. The Bertz CT molecular complexity index is 375. The van der Waals surface area contributed by atoms with E-state index in [9.17, 15) is 0 Å².